The van der Waals surface area contributed by atoms with E-state index in [-0.39, 0.29) is 29.1 Å². The van der Waals surface area contributed by atoms with Crippen LogP contribution in [0.5, 0.6) is 5.75 Å². The molecule has 2 amide bonds. The number of anilines is 1. The number of alkyl halides is 1. The highest BCUT2D eigenvalue weighted by atomic mass is 79.9. The van der Waals surface area contributed by atoms with E-state index < -0.39 is 53.7 Å². The number of esters is 1. The minimum absolute atomic E-state index is 0.000951. The van der Waals surface area contributed by atoms with Crippen molar-refractivity contribution in [2.75, 3.05) is 31.5 Å². The third kappa shape index (κ3) is 7.04. The van der Waals surface area contributed by atoms with Gasteiger partial charge in [0.1, 0.15) is 40.0 Å². The number of methoxy groups -OCH3 is 2. The molecule has 4 rings (SSSR count). The minimum atomic E-state index is -1.77. The predicted octanol–water partition coefficient (Wildman–Crippen LogP) is 4.06. The molecule has 11 nitrogen and oxygen atoms in total. The van der Waals surface area contributed by atoms with Gasteiger partial charge in [-0.2, -0.15) is 0 Å². The van der Waals surface area contributed by atoms with Crippen LogP contribution in [0.1, 0.15) is 39.2 Å². The molecule has 3 heterocycles. The number of hydrogen-bond donors (Lipinski definition) is 2. The lowest BCUT2D eigenvalue weighted by molar-refractivity contribution is -0.150. The molecule has 3 aliphatic rings. The molecule has 2 N–H and O–H groups in total. The van der Waals surface area contributed by atoms with Crippen LogP contribution in [0.2, 0.25) is 5.02 Å². The summed E-state index contributed by atoms with van der Waals surface area (Å²) in [5.74, 6) is -0.971. The van der Waals surface area contributed by atoms with Gasteiger partial charge in [0.25, 0.3) is 0 Å². The van der Waals surface area contributed by atoms with Crippen LogP contribution in [-0.2, 0) is 35.0 Å². The van der Waals surface area contributed by atoms with Crippen molar-refractivity contribution >= 4 is 51.2 Å². The maximum Gasteiger partial charge on any atom is 0.409 e. The Balaban J connectivity index is 1.79. The monoisotopic (exact) mass is 684 g/mol. The summed E-state index contributed by atoms with van der Waals surface area (Å²) in [6, 6.07) is 3.62. The molecule has 13 heteroatoms. The molecule has 0 unspecified atom stereocenters. The Hall–Kier alpha value is -2.64. The van der Waals surface area contributed by atoms with Crippen LogP contribution in [0, 0.1) is 5.92 Å². The Morgan fingerprint density at radius 1 is 1.30 bits per heavy atom. The van der Waals surface area contributed by atoms with Crippen molar-refractivity contribution in [3.63, 3.8) is 0 Å². The first kappa shape index (κ1) is 33.3. The van der Waals surface area contributed by atoms with Crippen molar-refractivity contribution in [3.8, 4) is 5.75 Å². The first-order chi connectivity index (χ1) is 20.3. The van der Waals surface area contributed by atoms with Crippen molar-refractivity contribution in [2.45, 2.75) is 75.8 Å². The number of fused-ring (bicyclic) bond motifs is 5. The molecular weight excluding hydrogens is 648 g/mol. The molecule has 2 fully saturated rings. The van der Waals surface area contributed by atoms with Crippen LogP contribution in [0.15, 0.2) is 35.9 Å². The number of rotatable bonds is 4. The quantitative estimate of drug-likeness (QED) is 0.273. The molecule has 0 aliphatic carbocycles. The molecule has 1 aromatic carbocycles. The molecule has 0 saturated carbocycles. The summed E-state index contributed by atoms with van der Waals surface area (Å²) in [6.07, 6.45) is 1.58. The van der Waals surface area contributed by atoms with Crippen molar-refractivity contribution in [2.24, 2.45) is 5.92 Å². The molecule has 0 spiro atoms. The molecule has 1 aromatic rings. The fraction of sp³-hybridized carbons (Fsp3) is 0.567. The van der Waals surface area contributed by atoms with Gasteiger partial charge in [-0.25, -0.2) is 4.79 Å². The predicted molar refractivity (Wildman–Crippen MR) is 163 cm³/mol. The molecule has 7 atom stereocenters. The Morgan fingerprint density at radius 2 is 2.02 bits per heavy atom. The van der Waals surface area contributed by atoms with Gasteiger partial charge in [-0.1, -0.05) is 58.3 Å². The number of nitrogens with zero attached hydrogens (tertiary/aromatic N) is 1. The second-order valence-corrected chi connectivity index (χ2v) is 12.3. The zero-order valence-corrected chi connectivity index (χ0v) is 27.4. The van der Waals surface area contributed by atoms with E-state index in [0.717, 1.165) is 11.1 Å². The van der Waals surface area contributed by atoms with Crippen LogP contribution in [0.25, 0.3) is 0 Å². The summed E-state index contributed by atoms with van der Waals surface area (Å²) in [4.78, 5) is 40.2. The number of allylic oxidation sites excluding steroid dienone is 3. The van der Waals surface area contributed by atoms with Gasteiger partial charge in [-0.3, -0.25) is 14.9 Å². The van der Waals surface area contributed by atoms with Crippen molar-refractivity contribution in [1.29, 1.82) is 0 Å². The first-order valence-corrected chi connectivity index (χ1v) is 15.4. The zero-order valence-electron chi connectivity index (χ0n) is 25.0. The largest absolute Gasteiger partial charge is 0.495 e. The lowest BCUT2D eigenvalue weighted by atomic mass is 9.83. The van der Waals surface area contributed by atoms with Crippen molar-refractivity contribution < 1.29 is 43.2 Å². The summed E-state index contributed by atoms with van der Waals surface area (Å²) >= 11 is 9.77. The zero-order chi connectivity index (χ0) is 31.7. The van der Waals surface area contributed by atoms with Gasteiger partial charge in [0.2, 0.25) is 5.91 Å². The lowest BCUT2D eigenvalue weighted by Crippen LogP contribution is -2.63. The average Bonchev–Trinajstić information content (AvgIpc) is 3.66. The van der Waals surface area contributed by atoms with E-state index in [0.29, 0.717) is 17.9 Å². The van der Waals surface area contributed by atoms with Crippen LogP contribution in [-0.4, -0.2) is 85.4 Å². The highest BCUT2D eigenvalue weighted by molar-refractivity contribution is 9.09. The maximum atomic E-state index is 13.7. The number of aliphatic hydroxyl groups is 1. The van der Waals surface area contributed by atoms with Gasteiger partial charge < -0.3 is 33.7 Å². The van der Waals surface area contributed by atoms with Crippen LogP contribution < -0.4 is 15.0 Å². The molecule has 4 bridgehead atoms. The van der Waals surface area contributed by atoms with Gasteiger partial charge in [0, 0.05) is 26.5 Å². The number of alkyl carbamates (subject to hydrolysis) is 1. The molecule has 43 heavy (non-hydrogen) atoms. The normalized spacial score (nSPS) is 35.0. The van der Waals surface area contributed by atoms with Crippen LogP contribution in [0.4, 0.5) is 10.5 Å². The first-order valence-electron chi connectivity index (χ1n) is 13.9. The maximum absolute atomic E-state index is 13.7. The summed E-state index contributed by atoms with van der Waals surface area (Å²) in [5, 5.41) is 14.2. The van der Waals surface area contributed by atoms with Crippen LogP contribution >= 0.6 is 27.5 Å². The second kappa shape index (κ2) is 13.2. The lowest BCUT2D eigenvalue weighted by Gasteiger charge is -2.42. The number of amides is 2. The van der Waals surface area contributed by atoms with Crippen molar-refractivity contribution in [1.82, 2.24) is 5.32 Å². The molecular formula is C30H38BrClN2O9. The number of nitrogens with one attached hydrogen (secondary N) is 1. The fourth-order valence-electron chi connectivity index (χ4n) is 5.80. The number of benzene rings is 1. The molecule has 0 radical (unpaired) electrons. The van der Waals surface area contributed by atoms with E-state index in [9.17, 15) is 19.5 Å². The topological polar surface area (TPSA) is 136 Å². The Morgan fingerprint density at radius 3 is 2.67 bits per heavy atom. The molecule has 0 aromatic heterocycles. The smallest absolute Gasteiger partial charge is 0.409 e. The van der Waals surface area contributed by atoms with E-state index >= 15 is 0 Å². The number of carbonyl (C=O) groups excluding carboxylic acids is 3. The Labute approximate surface area is 264 Å². The standard InChI is InChI=1S/C30H38BrClN2O9/c1-16-8-7-9-22(40-6)30(38)14-21(41-28(37)33-30)17(2)27-29(3,43-27)23(42-25(36)15-31)13-24(35)34(4)19-11-18(10-16)12-20(39-5)26(19)32/h7-9,11-12,17,21-23,27,38H,10,13-15H2,1-6H3,(H,33,37)/b9-7+,16-8+/t17-,21+,22-,23-,27-,29+,30+/m1/s1. The van der Waals surface area contributed by atoms with Crippen molar-refractivity contribution in [3.05, 3.63) is 46.5 Å². The summed E-state index contributed by atoms with van der Waals surface area (Å²) in [6.45, 7) is 5.50. The van der Waals surface area contributed by atoms with E-state index in [1.54, 1.807) is 32.2 Å². The van der Waals surface area contributed by atoms with E-state index in [2.05, 4.69) is 21.2 Å². The van der Waals surface area contributed by atoms with E-state index in [4.69, 9.17) is 35.3 Å². The second-order valence-electron chi connectivity index (χ2n) is 11.4. The number of halogens is 2. The summed E-state index contributed by atoms with van der Waals surface area (Å²) in [5.41, 5.74) is -0.611. The number of carbonyl (C=O) groups is 3. The Kier molecular flexibility index (Phi) is 10.2. The Bertz CT molecular complexity index is 1320. The molecule has 3 aliphatic heterocycles. The number of ether oxygens (including phenoxy) is 5. The van der Waals surface area contributed by atoms with Gasteiger partial charge >= 0.3 is 12.1 Å². The highest BCUT2D eigenvalue weighted by Crippen LogP contribution is 2.49. The molecule has 236 valence electrons. The third-order valence-corrected chi connectivity index (χ3v) is 9.17. The summed E-state index contributed by atoms with van der Waals surface area (Å²) in [7, 11) is 4.54. The SMILES string of the molecule is COc1cc2cc(c1Cl)N(C)C(=O)C[C@@H](OC(=O)CBr)[C@]1(C)O[C@@H]1[C@H](C)[C@@H]1C[C@@](O)(NC(=O)O1)[C@H](OC)/C=C/C=C(\C)C2. The fourth-order valence-corrected chi connectivity index (χ4v) is 6.24. The van der Waals surface area contributed by atoms with E-state index in [1.165, 1.54) is 19.1 Å². The number of hydrogen-bond acceptors (Lipinski definition) is 9. The van der Waals surface area contributed by atoms with E-state index in [1.807, 2.05) is 26.0 Å². The highest BCUT2D eigenvalue weighted by Gasteiger charge is 2.64. The third-order valence-electron chi connectivity index (χ3n) is 8.33. The summed E-state index contributed by atoms with van der Waals surface area (Å²) < 4.78 is 28.5. The van der Waals surface area contributed by atoms with Gasteiger partial charge in [0.05, 0.1) is 25.3 Å². The van der Waals surface area contributed by atoms with Gasteiger partial charge in [0.15, 0.2) is 5.72 Å². The van der Waals surface area contributed by atoms with Crippen LogP contribution in [0.3, 0.4) is 0 Å². The van der Waals surface area contributed by atoms with Gasteiger partial charge in [-0.15, -0.1) is 0 Å². The number of epoxide rings is 1. The molecule has 2 saturated heterocycles. The minimum Gasteiger partial charge on any atom is -0.495 e. The van der Waals surface area contributed by atoms with Gasteiger partial charge in [-0.05, 0) is 38.0 Å². The average molecular weight is 686 g/mol.